The normalized spacial score (nSPS) is 25.0. The Hall–Kier alpha value is 0.0700. The van der Waals surface area contributed by atoms with Gasteiger partial charge in [-0.1, -0.05) is 22.6 Å². The summed E-state index contributed by atoms with van der Waals surface area (Å²) in [7, 11) is 0. The molecule has 10 heavy (non-hydrogen) atoms. The van der Waals surface area contributed by atoms with Crippen molar-refractivity contribution in [3.05, 3.63) is 0 Å². The zero-order valence-corrected chi connectivity index (χ0v) is 7.97. The first-order chi connectivity index (χ1) is 4.55. The molecule has 2 nitrogen and oxygen atoms in total. The summed E-state index contributed by atoms with van der Waals surface area (Å²) >= 11 is 1.94. The predicted octanol–water partition coefficient (Wildman–Crippen LogP) is 1.50. The second-order valence-electron chi connectivity index (χ2n) is 2.70. The van der Waals surface area contributed by atoms with E-state index in [1.807, 2.05) is 22.6 Å². The number of rotatable bonds is 0. The van der Waals surface area contributed by atoms with Crippen molar-refractivity contribution in [3.8, 4) is 0 Å². The minimum Gasteiger partial charge on any atom is -0.298 e. The number of Topliss-reactive ketones (excluding diaryl/α,β-unsaturated/α-hetero) is 2. The number of halogens is 1. The van der Waals surface area contributed by atoms with E-state index in [1.54, 1.807) is 6.92 Å². The molecule has 3 heteroatoms. The average Bonchev–Trinajstić information content (AvgIpc) is 1.84. The first-order valence-corrected chi connectivity index (χ1v) is 4.38. The van der Waals surface area contributed by atoms with E-state index in [1.165, 1.54) is 0 Å². The third-order valence-corrected chi connectivity index (χ3v) is 3.06. The minimum absolute atomic E-state index is 0.0874. The molecule has 0 saturated heterocycles. The number of ketones is 2. The van der Waals surface area contributed by atoms with Gasteiger partial charge in [0.2, 0.25) is 0 Å². The zero-order valence-electron chi connectivity index (χ0n) is 5.82. The van der Waals surface area contributed by atoms with Gasteiger partial charge in [-0.25, -0.2) is 0 Å². The van der Waals surface area contributed by atoms with Crippen molar-refractivity contribution in [1.82, 2.24) is 0 Å². The predicted molar refractivity (Wildman–Crippen MR) is 46.3 cm³/mol. The summed E-state index contributed by atoms with van der Waals surface area (Å²) in [5.74, 6) is 0.175. The van der Waals surface area contributed by atoms with E-state index in [9.17, 15) is 9.59 Å². The van der Waals surface area contributed by atoms with Gasteiger partial charge >= 0.3 is 0 Å². The van der Waals surface area contributed by atoms with Crippen molar-refractivity contribution in [2.45, 2.75) is 29.6 Å². The van der Waals surface area contributed by atoms with E-state index in [0.717, 1.165) is 6.42 Å². The summed E-state index contributed by atoms with van der Waals surface area (Å²) in [6, 6.07) is 0. The molecule has 0 radical (unpaired) electrons. The highest BCUT2D eigenvalue weighted by atomic mass is 127. The zero-order chi connectivity index (χ0) is 7.78. The quantitative estimate of drug-likeness (QED) is 0.372. The van der Waals surface area contributed by atoms with Crippen LogP contribution in [-0.4, -0.2) is 15.0 Å². The highest BCUT2D eigenvalue weighted by Gasteiger charge is 2.39. The lowest BCUT2D eigenvalue weighted by atomic mass is 9.88. The van der Waals surface area contributed by atoms with Gasteiger partial charge in [0, 0.05) is 12.8 Å². The van der Waals surface area contributed by atoms with Crippen molar-refractivity contribution >= 4 is 34.2 Å². The molecule has 56 valence electrons. The molecule has 1 fully saturated rings. The Kier molecular flexibility index (Phi) is 2.12. The van der Waals surface area contributed by atoms with Crippen LogP contribution in [0.5, 0.6) is 0 Å². The molecule has 0 aromatic rings. The lowest BCUT2D eigenvalue weighted by Crippen LogP contribution is -2.40. The molecule has 0 aliphatic heterocycles. The number of carbonyl (C=O) groups excluding carboxylic acids is 2. The molecule has 0 heterocycles. The minimum atomic E-state index is -0.712. The maximum atomic E-state index is 11.1. The Morgan fingerprint density at radius 3 is 2.00 bits per heavy atom. The van der Waals surface area contributed by atoms with Crippen molar-refractivity contribution in [1.29, 1.82) is 0 Å². The summed E-state index contributed by atoms with van der Waals surface area (Å²) < 4.78 is -0.712. The molecule has 0 aromatic heterocycles. The van der Waals surface area contributed by atoms with Gasteiger partial charge in [-0.2, -0.15) is 0 Å². The fraction of sp³-hybridized carbons (Fsp3) is 0.714. The van der Waals surface area contributed by atoms with E-state index in [2.05, 4.69) is 0 Å². The number of hydrogen-bond donors (Lipinski definition) is 0. The maximum absolute atomic E-state index is 11.1. The summed E-state index contributed by atoms with van der Waals surface area (Å²) in [5.41, 5.74) is 0. The van der Waals surface area contributed by atoms with Gasteiger partial charge in [0.15, 0.2) is 11.6 Å². The van der Waals surface area contributed by atoms with Crippen LogP contribution in [0.15, 0.2) is 0 Å². The topological polar surface area (TPSA) is 34.1 Å². The van der Waals surface area contributed by atoms with Gasteiger partial charge in [0.1, 0.15) is 3.42 Å². The van der Waals surface area contributed by atoms with Gasteiger partial charge < -0.3 is 0 Å². The van der Waals surface area contributed by atoms with Crippen LogP contribution in [0.4, 0.5) is 0 Å². The molecule has 1 saturated carbocycles. The first kappa shape index (κ1) is 8.17. The Balaban J connectivity index is 2.83. The summed E-state index contributed by atoms with van der Waals surface area (Å²) in [6.45, 7) is 1.71. The lowest BCUT2D eigenvalue weighted by Gasteiger charge is -2.23. The van der Waals surface area contributed by atoms with E-state index in [-0.39, 0.29) is 11.6 Å². The highest BCUT2D eigenvalue weighted by Crippen LogP contribution is 2.29. The second-order valence-corrected chi connectivity index (χ2v) is 4.86. The Morgan fingerprint density at radius 1 is 1.30 bits per heavy atom. The van der Waals surface area contributed by atoms with Gasteiger partial charge in [-0.15, -0.1) is 0 Å². The van der Waals surface area contributed by atoms with Gasteiger partial charge in [-0.05, 0) is 13.3 Å². The van der Waals surface area contributed by atoms with Gasteiger partial charge in [-0.3, -0.25) is 9.59 Å². The van der Waals surface area contributed by atoms with Crippen molar-refractivity contribution in [2.24, 2.45) is 0 Å². The molecule has 1 aliphatic carbocycles. The van der Waals surface area contributed by atoms with Crippen LogP contribution in [-0.2, 0) is 9.59 Å². The van der Waals surface area contributed by atoms with E-state index in [4.69, 9.17) is 0 Å². The number of carbonyl (C=O) groups is 2. The number of alkyl halides is 1. The highest BCUT2D eigenvalue weighted by molar-refractivity contribution is 14.1. The molecule has 0 atom stereocenters. The molecular weight excluding hydrogens is 243 g/mol. The number of hydrogen-bond acceptors (Lipinski definition) is 2. The SMILES string of the molecule is CC1(I)C(=O)CCCC1=O. The molecular formula is C7H9IO2. The Bertz CT molecular complexity index is 166. The Labute approximate surface area is 73.5 Å². The third-order valence-electron chi connectivity index (χ3n) is 1.85. The van der Waals surface area contributed by atoms with Gasteiger partial charge in [0.05, 0.1) is 0 Å². The second kappa shape index (κ2) is 2.60. The summed E-state index contributed by atoms with van der Waals surface area (Å²) in [5, 5.41) is 0. The standard InChI is InChI=1S/C7H9IO2/c1-7(8)5(9)3-2-4-6(7)10/h2-4H2,1H3. The molecule has 0 N–H and O–H groups in total. The molecule has 0 aromatic carbocycles. The van der Waals surface area contributed by atoms with Crippen LogP contribution < -0.4 is 0 Å². The van der Waals surface area contributed by atoms with Gasteiger partial charge in [0.25, 0.3) is 0 Å². The van der Waals surface area contributed by atoms with E-state index >= 15 is 0 Å². The molecule has 0 amide bonds. The van der Waals surface area contributed by atoms with E-state index < -0.39 is 3.42 Å². The average molecular weight is 252 g/mol. The molecule has 0 unspecified atom stereocenters. The lowest BCUT2D eigenvalue weighted by molar-refractivity contribution is -0.131. The van der Waals surface area contributed by atoms with Crippen LogP contribution in [0, 0.1) is 0 Å². The van der Waals surface area contributed by atoms with Crippen LogP contribution in [0.3, 0.4) is 0 Å². The van der Waals surface area contributed by atoms with Crippen LogP contribution in [0.2, 0.25) is 0 Å². The molecule has 1 aliphatic rings. The molecule has 1 rings (SSSR count). The first-order valence-electron chi connectivity index (χ1n) is 3.30. The monoisotopic (exact) mass is 252 g/mol. The van der Waals surface area contributed by atoms with Crippen molar-refractivity contribution in [3.63, 3.8) is 0 Å². The third kappa shape index (κ3) is 1.24. The van der Waals surface area contributed by atoms with E-state index in [0.29, 0.717) is 12.8 Å². The summed E-state index contributed by atoms with van der Waals surface area (Å²) in [4.78, 5) is 22.2. The van der Waals surface area contributed by atoms with Crippen molar-refractivity contribution < 1.29 is 9.59 Å². The van der Waals surface area contributed by atoms with Crippen LogP contribution >= 0.6 is 22.6 Å². The van der Waals surface area contributed by atoms with Crippen LogP contribution in [0.1, 0.15) is 26.2 Å². The van der Waals surface area contributed by atoms with Crippen LogP contribution in [0.25, 0.3) is 0 Å². The van der Waals surface area contributed by atoms with Crippen molar-refractivity contribution in [2.75, 3.05) is 0 Å². The smallest absolute Gasteiger partial charge is 0.155 e. The molecule has 0 bridgehead atoms. The largest absolute Gasteiger partial charge is 0.298 e. The Morgan fingerprint density at radius 2 is 1.70 bits per heavy atom. The fourth-order valence-electron chi connectivity index (χ4n) is 1.03. The molecule has 0 spiro atoms. The fourth-order valence-corrected chi connectivity index (χ4v) is 1.57. The maximum Gasteiger partial charge on any atom is 0.155 e. The summed E-state index contributed by atoms with van der Waals surface area (Å²) in [6.07, 6.45) is 1.90.